The van der Waals surface area contributed by atoms with Crippen LogP contribution in [-0.4, -0.2) is 50.2 Å². The Hall–Kier alpha value is -0.0300. The monoisotopic (exact) mass is 270 g/mol. The zero-order valence-corrected chi connectivity index (χ0v) is 11.1. The summed E-state index contributed by atoms with van der Waals surface area (Å²) in [7, 11) is 1.48. The molecule has 2 aliphatic heterocycles. The Kier molecular flexibility index (Phi) is 7.31. The normalized spacial score (nSPS) is 22.6. The number of esters is 1. The molecular weight excluding hydrogens is 251 g/mol. The maximum absolute atomic E-state index is 11.3. The number of piperidine rings is 1. The van der Waals surface area contributed by atoms with Crippen LogP contribution in [-0.2, 0) is 9.53 Å². The minimum absolute atomic E-state index is 0. The van der Waals surface area contributed by atoms with Crippen molar-refractivity contribution in [2.75, 3.05) is 33.3 Å². The quantitative estimate of drug-likeness (QED) is 0.750. The summed E-state index contributed by atoms with van der Waals surface area (Å²) in [6.45, 7) is 4.32. The van der Waals surface area contributed by atoms with Gasteiger partial charge >= 0.3 is 5.97 Å². The van der Waals surface area contributed by atoms with E-state index < -0.39 is 0 Å². The van der Waals surface area contributed by atoms with Crippen molar-refractivity contribution in [1.82, 2.24) is 10.2 Å². The molecule has 2 rings (SSSR count). The minimum Gasteiger partial charge on any atom is -0.469 e. The molecule has 2 fully saturated rings. The smallest absolute Gasteiger partial charge is 0.308 e. The number of hydrogen-bond donors (Lipinski definition) is 1. The fraction of sp³-hybridized carbons (Fsp3) is 0.900. The molecule has 1 N–H and O–H groups in total. The van der Waals surface area contributed by atoms with E-state index in [4.69, 9.17) is 4.74 Å². The summed E-state index contributed by atoms with van der Waals surface area (Å²) in [4.78, 5) is 13.8. The zero-order valence-electron chi connectivity index (χ0n) is 9.48. The molecule has 0 spiro atoms. The number of nitrogens with zero attached hydrogens (tertiary/aromatic N) is 1. The number of rotatable bonds is 2. The molecule has 0 aliphatic carbocycles. The number of carbonyl (C=O) groups excluding carboxylic acids is 1. The predicted octanol–water partition coefficient (Wildman–Crippen LogP) is 0.687. The van der Waals surface area contributed by atoms with Gasteiger partial charge in [-0.2, -0.15) is 0 Å². The first-order valence-electron chi connectivity index (χ1n) is 5.34. The first kappa shape index (κ1) is 16.0. The lowest BCUT2D eigenvalue weighted by Gasteiger charge is -2.41. The van der Waals surface area contributed by atoms with E-state index in [1.165, 1.54) is 7.11 Å². The van der Waals surface area contributed by atoms with Gasteiger partial charge in [-0.15, -0.1) is 24.8 Å². The van der Waals surface area contributed by atoms with Gasteiger partial charge in [0.15, 0.2) is 0 Å². The average molecular weight is 271 g/mol. The van der Waals surface area contributed by atoms with E-state index in [2.05, 4.69) is 10.2 Å². The summed E-state index contributed by atoms with van der Waals surface area (Å²) in [6.07, 6.45) is 1.92. The van der Waals surface area contributed by atoms with Gasteiger partial charge < -0.3 is 10.1 Å². The molecule has 2 heterocycles. The molecule has 0 aromatic carbocycles. The van der Waals surface area contributed by atoms with Crippen LogP contribution >= 0.6 is 24.8 Å². The number of likely N-dealkylation sites (tertiary alicyclic amines) is 1. The summed E-state index contributed by atoms with van der Waals surface area (Å²) in [6, 6.07) is 0.716. The van der Waals surface area contributed by atoms with Crippen LogP contribution in [0.15, 0.2) is 0 Å². The van der Waals surface area contributed by atoms with E-state index in [0.29, 0.717) is 6.04 Å². The lowest BCUT2D eigenvalue weighted by Crippen LogP contribution is -2.59. The van der Waals surface area contributed by atoms with Gasteiger partial charge in [0.2, 0.25) is 0 Å². The second-order valence-corrected chi connectivity index (χ2v) is 4.15. The van der Waals surface area contributed by atoms with Crippen molar-refractivity contribution in [3.05, 3.63) is 0 Å². The van der Waals surface area contributed by atoms with E-state index in [0.717, 1.165) is 39.0 Å². The van der Waals surface area contributed by atoms with Crippen LogP contribution in [0, 0.1) is 5.92 Å². The summed E-state index contributed by atoms with van der Waals surface area (Å²) < 4.78 is 4.76. The van der Waals surface area contributed by atoms with E-state index in [9.17, 15) is 4.79 Å². The molecule has 0 amide bonds. The number of carbonyl (C=O) groups is 1. The number of hydrogen-bond acceptors (Lipinski definition) is 4. The van der Waals surface area contributed by atoms with Gasteiger partial charge in [0.1, 0.15) is 0 Å². The fourth-order valence-electron chi connectivity index (χ4n) is 2.20. The van der Waals surface area contributed by atoms with Gasteiger partial charge in [-0.05, 0) is 25.9 Å². The SMILES string of the molecule is COC(=O)C1CCN(C2CNC2)CC1.Cl.Cl. The summed E-state index contributed by atoms with van der Waals surface area (Å²) in [5.74, 6) is 0.112. The molecule has 4 nitrogen and oxygen atoms in total. The van der Waals surface area contributed by atoms with Crippen LogP contribution in [0.25, 0.3) is 0 Å². The lowest BCUT2D eigenvalue weighted by molar-refractivity contribution is -0.147. The Labute approximate surface area is 109 Å². The molecule has 2 saturated heterocycles. The Balaban J connectivity index is 0.00000112. The highest BCUT2D eigenvalue weighted by Gasteiger charge is 2.31. The number of ether oxygens (including phenoxy) is 1. The molecule has 0 radical (unpaired) electrons. The van der Waals surface area contributed by atoms with Crippen LogP contribution in [0.2, 0.25) is 0 Å². The maximum Gasteiger partial charge on any atom is 0.308 e. The molecule has 0 saturated carbocycles. The average Bonchev–Trinajstić information content (AvgIpc) is 2.15. The van der Waals surface area contributed by atoms with Crippen LogP contribution in [0.5, 0.6) is 0 Å². The van der Waals surface area contributed by atoms with Crippen molar-refractivity contribution in [2.45, 2.75) is 18.9 Å². The van der Waals surface area contributed by atoms with Crippen molar-refractivity contribution in [3.63, 3.8) is 0 Å². The van der Waals surface area contributed by atoms with E-state index >= 15 is 0 Å². The van der Waals surface area contributed by atoms with Crippen molar-refractivity contribution in [1.29, 1.82) is 0 Å². The highest BCUT2D eigenvalue weighted by atomic mass is 35.5. The second kappa shape index (κ2) is 7.33. The number of halogens is 2. The summed E-state index contributed by atoms with van der Waals surface area (Å²) in [5.41, 5.74) is 0. The minimum atomic E-state index is -0.0311. The molecule has 6 heteroatoms. The molecule has 0 aromatic heterocycles. The van der Waals surface area contributed by atoms with Gasteiger partial charge in [0.25, 0.3) is 0 Å². The highest BCUT2D eigenvalue weighted by Crippen LogP contribution is 2.20. The third kappa shape index (κ3) is 3.48. The van der Waals surface area contributed by atoms with Crippen molar-refractivity contribution < 1.29 is 9.53 Å². The Bertz CT molecular complexity index is 217. The largest absolute Gasteiger partial charge is 0.469 e. The fourth-order valence-corrected chi connectivity index (χ4v) is 2.20. The molecule has 16 heavy (non-hydrogen) atoms. The van der Waals surface area contributed by atoms with E-state index in [-0.39, 0.29) is 36.7 Å². The highest BCUT2D eigenvalue weighted by molar-refractivity contribution is 5.85. The first-order chi connectivity index (χ1) is 6.81. The number of nitrogens with one attached hydrogen (secondary N) is 1. The van der Waals surface area contributed by atoms with Crippen LogP contribution in [0.4, 0.5) is 0 Å². The van der Waals surface area contributed by atoms with Gasteiger partial charge in [0.05, 0.1) is 13.0 Å². The van der Waals surface area contributed by atoms with Gasteiger partial charge in [-0.3, -0.25) is 9.69 Å². The number of methoxy groups -OCH3 is 1. The molecular formula is C10H20Cl2N2O2. The standard InChI is InChI=1S/C10H18N2O2.2ClH/c1-14-10(13)8-2-4-12(5-3-8)9-6-11-7-9;;/h8-9,11H,2-7H2,1H3;2*1H. The molecule has 2 aliphatic rings. The molecule has 0 aromatic rings. The van der Waals surface area contributed by atoms with Crippen molar-refractivity contribution >= 4 is 30.8 Å². The van der Waals surface area contributed by atoms with Crippen molar-refractivity contribution in [3.8, 4) is 0 Å². The molecule has 0 bridgehead atoms. The van der Waals surface area contributed by atoms with Crippen LogP contribution < -0.4 is 5.32 Å². The molecule has 0 atom stereocenters. The summed E-state index contributed by atoms with van der Waals surface area (Å²) in [5, 5.41) is 3.27. The lowest BCUT2D eigenvalue weighted by atomic mass is 9.95. The Morgan fingerprint density at radius 2 is 1.81 bits per heavy atom. The maximum atomic E-state index is 11.3. The zero-order chi connectivity index (χ0) is 9.97. The van der Waals surface area contributed by atoms with Crippen LogP contribution in [0.3, 0.4) is 0 Å². The first-order valence-corrected chi connectivity index (χ1v) is 5.34. The third-order valence-electron chi connectivity index (χ3n) is 3.34. The molecule has 96 valence electrons. The molecule has 0 unspecified atom stereocenters. The Morgan fingerprint density at radius 1 is 1.25 bits per heavy atom. The third-order valence-corrected chi connectivity index (χ3v) is 3.34. The van der Waals surface area contributed by atoms with E-state index in [1.807, 2.05) is 0 Å². The van der Waals surface area contributed by atoms with Crippen molar-refractivity contribution in [2.24, 2.45) is 5.92 Å². The topological polar surface area (TPSA) is 41.6 Å². The summed E-state index contributed by atoms with van der Waals surface area (Å²) >= 11 is 0. The van der Waals surface area contributed by atoms with Gasteiger partial charge in [-0.25, -0.2) is 0 Å². The van der Waals surface area contributed by atoms with E-state index in [1.54, 1.807) is 0 Å². The second-order valence-electron chi connectivity index (χ2n) is 4.15. The predicted molar refractivity (Wildman–Crippen MR) is 67.5 cm³/mol. The Morgan fingerprint density at radius 3 is 2.19 bits per heavy atom. The van der Waals surface area contributed by atoms with Crippen LogP contribution in [0.1, 0.15) is 12.8 Å². The van der Waals surface area contributed by atoms with Gasteiger partial charge in [-0.1, -0.05) is 0 Å². The van der Waals surface area contributed by atoms with Gasteiger partial charge in [0, 0.05) is 19.1 Å².